The second-order valence-electron chi connectivity index (χ2n) is 2.38. The zero-order valence-electron chi connectivity index (χ0n) is 6.42. The lowest BCUT2D eigenvalue weighted by molar-refractivity contribution is 0.827. The van der Waals surface area contributed by atoms with Crippen LogP contribution in [0.1, 0.15) is 5.82 Å². The predicted octanol–water partition coefficient (Wildman–Crippen LogP) is 2.25. The van der Waals surface area contributed by atoms with Gasteiger partial charge in [-0.3, -0.25) is 0 Å². The van der Waals surface area contributed by atoms with E-state index in [2.05, 4.69) is 82.8 Å². The fourth-order valence-electron chi connectivity index (χ4n) is 0.951. The molecule has 7 heteroatoms. The molecule has 0 bridgehead atoms. The Morgan fingerprint density at radius 1 is 1.08 bits per heavy atom. The maximum atomic E-state index is 4.36. The highest BCUT2D eigenvalue weighted by Gasteiger charge is 2.11. The van der Waals surface area contributed by atoms with Crippen molar-refractivity contribution in [2.75, 3.05) is 0 Å². The summed E-state index contributed by atoms with van der Waals surface area (Å²) in [6.07, 6.45) is 0. The van der Waals surface area contributed by atoms with Crippen molar-refractivity contribution in [2.24, 2.45) is 0 Å². The highest BCUT2D eigenvalue weighted by Crippen LogP contribution is 2.18. The first kappa shape index (κ1) is 10.3. The summed E-state index contributed by atoms with van der Waals surface area (Å²) in [6, 6.07) is 0. The zero-order valence-corrected chi connectivity index (χ0v) is 12.9. The SMILES string of the molecule is Cc1nc(I)c2nc(I)c(I)n2n1. The number of nitrogens with zero attached hydrogens (tertiary/aromatic N) is 4. The molecule has 0 aliphatic rings. The molecule has 0 aromatic carbocycles. The molecule has 0 fully saturated rings. The summed E-state index contributed by atoms with van der Waals surface area (Å²) in [6.45, 7) is 1.88. The molecule has 0 aliphatic heterocycles. The Bertz CT molecular complexity index is 478. The van der Waals surface area contributed by atoms with E-state index in [-0.39, 0.29) is 0 Å². The summed E-state index contributed by atoms with van der Waals surface area (Å²) in [5.74, 6) is 0.767. The van der Waals surface area contributed by atoms with Crippen molar-refractivity contribution in [2.45, 2.75) is 6.92 Å². The third-order valence-corrected chi connectivity index (χ3v) is 4.93. The second-order valence-corrected chi connectivity index (χ2v) is 5.44. The summed E-state index contributed by atoms with van der Waals surface area (Å²) in [5.41, 5.74) is 0.833. The van der Waals surface area contributed by atoms with E-state index in [0.717, 1.165) is 22.6 Å². The highest BCUT2D eigenvalue weighted by molar-refractivity contribution is 14.1. The van der Waals surface area contributed by atoms with Crippen LogP contribution in [0.5, 0.6) is 0 Å². The largest absolute Gasteiger partial charge is 0.221 e. The van der Waals surface area contributed by atoms with Crippen molar-refractivity contribution < 1.29 is 0 Å². The molecule has 2 aromatic heterocycles. The van der Waals surface area contributed by atoms with Crippen molar-refractivity contribution in [1.29, 1.82) is 0 Å². The lowest BCUT2D eigenvalue weighted by Crippen LogP contribution is -2.02. The minimum atomic E-state index is 0.767. The van der Waals surface area contributed by atoms with Gasteiger partial charge in [-0.05, 0) is 74.7 Å². The normalized spacial score (nSPS) is 11.1. The number of fused-ring (bicyclic) bond motifs is 1. The van der Waals surface area contributed by atoms with Crippen molar-refractivity contribution in [1.82, 2.24) is 19.6 Å². The van der Waals surface area contributed by atoms with Crippen LogP contribution in [-0.4, -0.2) is 19.6 Å². The number of aryl methyl sites for hydroxylation is 1. The minimum absolute atomic E-state index is 0.767. The van der Waals surface area contributed by atoms with E-state index in [4.69, 9.17) is 0 Å². The van der Waals surface area contributed by atoms with Gasteiger partial charge in [0.25, 0.3) is 0 Å². The average Bonchev–Trinajstić information content (AvgIpc) is 2.32. The third-order valence-electron chi connectivity index (χ3n) is 1.45. The Labute approximate surface area is 115 Å². The standard InChI is InChI=1S/C6H3I3N4/c1-2-10-4(8)6-11-3(7)5(9)13(6)12-2/h1H3. The molecule has 0 atom stereocenters. The number of imidazole rings is 1. The molecule has 2 aromatic rings. The van der Waals surface area contributed by atoms with E-state index in [1.165, 1.54) is 0 Å². The highest BCUT2D eigenvalue weighted by atomic mass is 127. The van der Waals surface area contributed by atoms with Crippen LogP contribution in [0.15, 0.2) is 0 Å². The number of hydrogen-bond acceptors (Lipinski definition) is 3. The molecule has 0 saturated heterocycles. The van der Waals surface area contributed by atoms with Gasteiger partial charge < -0.3 is 0 Å². The second kappa shape index (κ2) is 3.72. The van der Waals surface area contributed by atoms with E-state index in [1.807, 2.05) is 11.4 Å². The maximum absolute atomic E-state index is 4.36. The van der Waals surface area contributed by atoms with Crippen LogP contribution in [0.4, 0.5) is 0 Å². The lowest BCUT2D eigenvalue weighted by atomic mass is 10.7. The van der Waals surface area contributed by atoms with E-state index < -0.39 is 0 Å². The van der Waals surface area contributed by atoms with Crippen LogP contribution in [0.25, 0.3) is 5.65 Å². The van der Waals surface area contributed by atoms with Gasteiger partial charge in [-0.2, -0.15) is 5.10 Å². The minimum Gasteiger partial charge on any atom is -0.221 e. The monoisotopic (exact) mass is 512 g/mol. The maximum Gasteiger partial charge on any atom is 0.188 e. The molecule has 2 rings (SSSR count). The van der Waals surface area contributed by atoms with Gasteiger partial charge in [0.15, 0.2) is 5.65 Å². The summed E-state index contributed by atoms with van der Waals surface area (Å²) in [5, 5.41) is 4.28. The average molecular weight is 512 g/mol. The molecule has 0 saturated carbocycles. The topological polar surface area (TPSA) is 43.1 Å². The van der Waals surface area contributed by atoms with Crippen LogP contribution in [0, 0.1) is 18.0 Å². The molecule has 0 N–H and O–H groups in total. The Morgan fingerprint density at radius 3 is 2.46 bits per heavy atom. The molecule has 0 unspecified atom stereocenters. The Morgan fingerprint density at radius 2 is 1.77 bits per heavy atom. The van der Waals surface area contributed by atoms with E-state index in [1.54, 1.807) is 0 Å². The zero-order chi connectivity index (χ0) is 9.59. The predicted molar refractivity (Wildman–Crippen MR) is 73.7 cm³/mol. The molecule has 0 radical (unpaired) electrons. The third kappa shape index (κ3) is 1.78. The van der Waals surface area contributed by atoms with Gasteiger partial charge in [-0.25, -0.2) is 14.5 Å². The van der Waals surface area contributed by atoms with Crippen LogP contribution < -0.4 is 0 Å². The molecule has 4 nitrogen and oxygen atoms in total. The van der Waals surface area contributed by atoms with E-state index in [9.17, 15) is 0 Å². The van der Waals surface area contributed by atoms with Crippen LogP contribution >= 0.6 is 67.8 Å². The molecule has 68 valence electrons. The number of halogens is 3. The molecule has 13 heavy (non-hydrogen) atoms. The quantitative estimate of drug-likeness (QED) is 0.510. The number of hydrogen-bond donors (Lipinski definition) is 0. The molecule has 0 aliphatic carbocycles. The van der Waals surface area contributed by atoms with Crippen molar-refractivity contribution in [3.63, 3.8) is 0 Å². The Kier molecular flexibility index (Phi) is 2.93. The molecule has 0 amide bonds. The smallest absolute Gasteiger partial charge is 0.188 e. The van der Waals surface area contributed by atoms with Crippen LogP contribution in [-0.2, 0) is 0 Å². The first-order valence-corrected chi connectivity index (χ1v) is 6.57. The van der Waals surface area contributed by atoms with Crippen LogP contribution in [0.3, 0.4) is 0 Å². The molecular formula is C6H3I3N4. The summed E-state index contributed by atoms with van der Waals surface area (Å²) in [4.78, 5) is 8.60. The van der Waals surface area contributed by atoms with Gasteiger partial charge in [0.05, 0.1) is 0 Å². The first-order valence-electron chi connectivity index (χ1n) is 3.33. The summed E-state index contributed by atoms with van der Waals surface area (Å²) in [7, 11) is 0. The van der Waals surface area contributed by atoms with Gasteiger partial charge in [0.2, 0.25) is 0 Å². The van der Waals surface area contributed by atoms with Crippen molar-refractivity contribution in [3.8, 4) is 0 Å². The van der Waals surface area contributed by atoms with Gasteiger partial charge in [-0.1, -0.05) is 0 Å². The molecule has 2 heterocycles. The fraction of sp³-hybridized carbons (Fsp3) is 0.167. The fourth-order valence-corrected chi connectivity index (χ4v) is 2.56. The van der Waals surface area contributed by atoms with Crippen molar-refractivity contribution in [3.05, 3.63) is 16.9 Å². The summed E-state index contributed by atoms with van der Waals surface area (Å²) >= 11 is 6.60. The Balaban J connectivity index is 2.94. The lowest BCUT2D eigenvalue weighted by Gasteiger charge is -1.97. The van der Waals surface area contributed by atoms with Gasteiger partial charge in [0, 0.05) is 0 Å². The van der Waals surface area contributed by atoms with Gasteiger partial charge >= 0.3 is 0 Å². The van der Waals surface area contributed by atoms with Crippen molar-refractivity contribution >= 4 is 73.4 Å². The van der Waals surface area contributed by atoms with Gasteiger partial charge in [0.1, 0.15) is 16.9 Å². The first-order chi connectivity index (χ1) is 6.09. The number of rotatable bonds is 0. The van der Waals surface area contributed by atoms with Crippen LogP contribution in [0.2, 0.25) is 0 Å². The van der Waals surface area contributed by atoms with E-state index in [0.29, 0.717) is 0 Å². The van der Waals surface area contributed by atoms with Gasteiger partial charge in [-0.15, -0.1) is 0 Å². The van der Waals surface area contributed by atoms with E-state index >= 15 is 0 Å². The summed E-state index contributed by atoms with van der Waals surface area (Å²) < 4.78 is 4.73. The Hall–Kier alpha value is 0.740. The molecular weight excluding hydrogens is 509 g/mol. The number of aromatic nitrogens is 4. The molecule has 0 spiro atoms.